The Labute approximate surface area is 356 Å². The summed E-state index contributed by atoms with van der Waals surface area (Å²) in [5, 5.41) is 2.83. The lowest BCUT2D eigenvalue weighted by Gasteiger charge is -2.37. The smallest absolute Gasteiger partial charge is 0.274 e. The number of piperidine rings is 2. The molecule has 0 aliphatic carbocycles. The summed E-state index contributed by atoms with van der Waals surface area (Å²) in [5.74, 6) is -0.526. The lowest BCUT2D eigenvalue weighted by Crippen LogP contribution is -2.46. The van der Waals surface area contributed by atoms with Gasteiger partial charge in [-0.15, -0.1) is 0 Å². The third kappa shape index (κ3) is 9.81. The molecule has 3 saturated heterocycles. The van der Waals surface area contributed by atoms with Crippen LogP contribution in [0.4, 0.5) is 11.4 Å². The number of piperazine rings is 1. The molecule has 3 aliphatic heterocycles. The molecule has 0 unspecified atom stereocenters. The van der Waals surface area contributed by atoms with Crippen LogP contribution in [0.5, 0.6) is 0 Å². The van der Waals surface area contributed by atoms with Crippen molar-refractivity contribution in [2.24, 2.45) is 0 Å². The number of amides is 3. The zero-order valence-electron chi connectivity index (χ0n) is 35.4. The number of aryl methyl sites for hydroxylation is 2. The molecule has 5 aromatic rings. The Morgan fingerprint density at radius 2 is 1.46 bits per heavy atom. The Kier molecular flexibility index (Phi) is 12.8. The van der Waals surface area contributed by atoms with Crippen molar-refractivity contribution in [2.45, 2.75) is 78.0 Å². The number of hydrogen-bond donors (Lipinski definition) is 2. The Morgan fingerprint density at radius 3 is 2.11 bits per heavy atom. The molecule has 3 amide bonds. The number of rotatable bonds is 11. The second kappa shape index (κ2) is 18.7. The molecule has 2 N–H and O–H groups in total. The van der Waals surface area contributed by atoms with Gasteiger partial charge in [-0.1, -0.05) is 38.1 Å². The number of fused-ring (bicyclic) bond motifs is 1. The highest BCUT2D eigenvalue weighted by Crippen LogP contribution is 2.28. The number of benzene rings is 1. The molecule has 4 aromatic heterocycles. The van der Waals surface area contributed by atoms with Crippen molar-refractivity contribution < 1.29 is 19.1 Å². The van der Waals surface area contributed by atoms with E-state index in [1.165, 1.54) is 12.5 Å². The number of carbonyl (C=O) groups is 3. The van der Waals surface area contributed by atoms with Crippen LogP contribution in [0.25, 0.3) is 22.2 Å². The quantitative estimate of drug-likeness (QED) is 0.169. The number of aromatic amines is 1. The number of carbonyl (C=O) groups excluding carboxylic acids is 3. The number of nitrogens with one attached hydrogen (secondary N) is 2. The Hall–Kier alpha value is -5.99. The SMILES string of the molecule is CCc1cccc(-c2cnc(C(=O)N3CCC(OC4CCN(C(=O)c5ccc(N6CCN(Cc7cnc8cc(CC)c(=O)[nH]c8c7)CC6)cn5)CC4)CC3)c(NC(C)=O)c2)c1. The van der Waals surface area contributed by atoms with Crippen LogP contribution < -0.4 is 15.8 Å². The van der Waals surface area contributed by atoms with Crippen LogP contribution in [0.1, 0.15) is 84.1 Å². The van der Waals surface area contributed by atoms with E-state index in [0.717, 1.165) is 91.0 Å². The number of likely N-dealkylation sites (tertiary alicyclic amines) is 2. The highest BCUT2D eigenvalue weighted by Gasteiger charge is 2.31. The first-order valence-corrected chi connectivity index (χ1v) is 21.7. The average Bonchev–Trinajstić information content (AvgIpc) is 3.29. The van der Waals surface area contributed by atoms with Gasteiger partial charge in [0.15, 0.2) is 5.69 Å². The highest BCUT2D eigenvalue weighted by molar-refractivity contribution is 6.02. The summed E-state index contributed by atoms with van der Waals surface area (Å²) in [6, 6.07) is 17.7. The van der Waals surface area contributed by atoms with Gasteiger partial charge in [0.1, 0.15) is 5.69 Å². The van der Waals surface area contributed by atoms with E-state index in [1.807, 2.05) is 66.7 Å². The Bertz CT molecular complexity index is 2430. The van der Waals surface area contributed by atoms with E-state index in [2.05, 4.69) is 54.1 Å². The van der Waals surface area contributed by atoms with Crippen molar-refractivity contribution in [2.75, 3.05) is 62.6 Å². The molecule has 0 radical (unpaired) electrons. The van der Waals surface area contributed by atoms with Gasteiger partial charge in [-0.05, 0) is 85.5 Å². The van der Waals surface area contributed by atoms with E-state index in [0.29, 0.717) is 56.8 Å². The maximum absolute atomic E-state index is 13.7. The molecule has 7 heterocycles. The number of hydrogen-bond acceptors (Lipinski definition) is 10. The van der Waals surface area contributed by atoms with Crippen molar-refractivity contribution in [3.05, 3.63) is 112 Å². The standard InChI is InChI=1S/C47H55N9O5/c1-4-32-7-6-8-35(23-32)36-26-43(51-31(3)57)44(50-28-36)47(60)56-17-13-39(14-18-56)61-38-11-15-55(16-12-38)46(59)40-10-9-37(29-49-40)54-21-19-53(20-22-54)30-33-24-42-41(48-27-33)25-34(5-2)45(58)52-42/h6-10,23-29,38-39H,4-5,11-22,30H2,1-3H3,(H,51,57)(H,52,58). The molecule has 0 saturated carbocycles. The molecule has 8 rings (SSSR count). The monoisotopic (exact) mass is 825 g/mol. The van der Waals surface area contributed by atoms with Crippen LogP contribution in [0.15, 0.2) is 78.0 Å². The molecular formula is C47H55N9O5. The fraction of sp³-hybridized carbons (Fsp3) is 0.426. The highest BCUT2D eigenvalue weighted by atomic mass is 16.5. The maximum Gasteiger partial charge on any atom is 0.274 e. The molecule has 14 heteroatoms. The molecule has 318 valence electrons. The van der Waals surface area contributed by atoms with Crippen LogP contribution in [-0.2, 0) is 28.9 Å². The zero-order chi connectivity index (χ0) is 42.5. The molecule has 0 bridgehead atoms. The minimum atomic E-state index is -0.259. The third-order valence-electron chi connectivity index (χ3n) is 12.2. The topological polar surface area (TPSA) is 157 Å². The van der Waals surface area contributed by atoms with Crippen molar-refractivity contribution in [3.8, 4) is 11.1 Å². The number of H-pyrrole nitrogens is 1. The lowest BCUT2D eigenvalue weighted by atomic mass is 10.0. The fourth-order valence-electron chi connectivity index (χ4n) is 8.66. The Morgan fingerprint density at radius 1 is 0.738 bits per heavy atom. The van der Waals surface area contributed by atoms with E-state index in [-0.39, 0.29) is 41.2 Å². The molecule has 14 nitrogen and oxygen atoms in total. The number of aromatic nitrogens is 4. The van der Waals surface area contributed by atoms with Crippen molar-refractivity contribution in [1.29, 1.82) is 0 Å². The molecule has 1 aromatic carbocycles. The van der Waals surface area contributed by atoms with Crippen molar-refractivity contribution >= 4 is 40.1 Å². The van der Waals surface area contributed by atoms with Gasteiger partial charge in [0.2, 0.25) is 5.91 Å². The summed E-state index contributed by atoms with van der Waals surface area (Å²) < 4.78 is 6.52. The van der Waals surface area contributed by atoms with Crippen LogP contribution in [-0.4, -0.2) is 117 Å². The van der Waals surface area contributed by atoms with E-state index < -0.39 is 0 Å². The number of pyridine rings is 4. The van der Waals surface area contributed by atoms with E-state index in [9.17, 15) is 19.2 Å². The molecule has 0 spiro atoms. The summed E-state index contributed by atoms with van der Waals surface area (Å²) in [6.07, 6.45) is 9.98. The molecule has 3 aliphatic rings. The van der Waals surface area contributed by atoms with Crippen LogP contribution in [0, 0.1) is 0 Å². The van der Waals surface area contributed by atoms with E-state index >= 15 is 0 Å². The van der Waals surface area contributed by atoms with Gasteiger partial charge in [-0.25, -0.2) is 9.97 Å². The summed E-state index contributed by atoms with van der Waals surface area (Å²) in [7, 11) is 0. The van der Waals surface area contributed by atoms with Gasteiger partial charge >= 0.3 is 0 Å². The number of ether oxygens (including phenoxy) is 1. The van der Waals surface area contributed by atoms with Gasteiger partial charge in [0.05, 0.1) is 40.8 Å². The minimum Gasteiger partial charge on any atom is -0.375 e. The normalized spacial score (nSPS) is 16.9. The number of nitrogens with zero attached hydrogens (tertiary/aromatic N) is 7. The van der Waals surface area contributed by atoms with Crippen LogP contribution in [0.2, 0.25) is 0 Å². The predicted molar refractivity (Wildman–Crippen MR) is 236 cm³/mol. The number of anilines is 2. The van der Waals surface area contributed by atoms with Gasteiger partial charge in [0.25, 0.3) is 17.4 Å². The van der Waals surface area contributed by atoms with Gasteiger partial charge in [-0.2, -0.15) is 0 Å². The molecule has 3 fully saturated rings. The molecule has 61 heavy (non-hydrogen) atoms. The summed E-state index contributed by atoms with van der Waals surface area (Å²) in [5.41, 5.74) is 8.47. The van der Waals surface area contributed by atoms with E-state index in [1.54, 1.807) is 11.1 Å². The third-order valence-corrected chi connectivity index (χ3v) is 12.2. The van der Waals surface area contributed by atoms with E-state index in [4.69, 9.17) is 4.74 Å². The summed E-state index contributed by atoms with van der Waals surface area (Å²) in [4.78, 5) is 76.7. The first-order valence-electron chi connectivity index (χ1n) is 21.7. The zero-order valence-corrected chi connectivity index (χ0v) is 35.4. The van der Waals surface area contributed by atoms with Crippen LogP contribution in [0.3, 0.4) is 0 Å². The second-order valence-electron chi connectivity index (χ2n) is 16.4. The van der Waals surface area contributed by atoms with Crippen LogP contribution >= 0.6 is 0 Å². The fourth-order valence-corrected chi connectivity index (χ4v) is 8.66. The minimum absolute atomic E-state index is 0.0278. The first kappa shape index (κ1) is 41.7. The Balaban J connectivity index is 0.774. The lowest BCUT2D eigenvalue weighted by molar-refractivity contribution is -0.114. The first-order chi connectivity index (χ1) is 29.6. The van der Waals surface area contributed by atoms with Gasteiger partial charge in [0, 0.05) is 89.3 Å². The van der Waals surface area contributed by atoms with Crippen molar-refractivity contribution in [3.63, 3.8) is 0 Å². The van der Waals surface area contributed by atoms with Gasteiger partial charge < -0.3 is 29.7 Å². The largest absolute Gasteiger partial charge is 0.375 e. The van der Waals surface area contributed by atoms with Crippen molar-refractivity contribution in [1.82, 2.24) is 34.6 Å². The van der Waals surface area contributed by atoms with Gasteiger partial charge in [-0.3, -0.25) is 29.1 Å². The second-order valence-corrected chi connectivity index (χ2v) is 16.4. The summed E-state index contributed by atoms with van der Waals surface area (Å²) >= 11 is 0. The molecule has 0 atom stereocenters. The average molecular weight is 826 g/mol. The summed E-state index contributed by atoms with van der Waals surface area (Å²) in [6.45, 7) is 12.0. The predicted octanol–water partition coefficient (Wildman–Crippen LogP) is 5.71. The molecular weight excluding hydrogens is 771 g/mol. The maximum atomic E-state index is 13.7.